The topological polar surface area (TPSA) is 21.3 Å². The van der Waals surface area contributed by atoms with Gasteiger partial charge in [-0.15, -0.1) is 0 Å². The Hall–Kier alpha value is -0.450. The van der Waals surface area contributed by atoms with Crippen molar-refractivity contribution >= 4 is 15.9 Å². The second-order valence-electron chi connectivity index (χ2n) is 4.51. The van der Waals surface area contributed by atoms with Gasteiger partial charge in [0.15, 0.2) is 0 Å². The molecule has 1 heterocycles. The average Bonchev–Trinajstić information content (AvgIpc) is 2.69. The predicted molar refractivity (Wildman–Crippen MR) is 69.4 cm³/mol. The molecule has 0 amide bonds. The molecule has 0 aliphatic carbocycles. The van der Waals surface area contributed by atoms with Crippen molar-refractivity contribution in [3.63, 3.8) is 0 Å². The summed E-state index contributed by atoms with van der Waals surface area (Å²) >= 11 is 3.42. The van der Waals surface area contributed by atoms with Crippen molar-refractivity contribution < 1.29 is 9.13 Å². The van der Waals surface area contributed by atoms with Gasteiger partial charge in [0, 0.05) is 17.6 Å². The number of halogens is 2. The van der Waals surface area contributed by atoms with Gasteiger partial charge in [-0.25, -0.2) is 4.39 Å². The van der Waals surface area contributed by atoms with Gasteiger partial charge in [-0.05, 0) is 43.5 Å². The Morgan fingerprint density at radius 3 is 3.00 bits per heavy atom. The van der Waals surface area contributed by atoms with Crippen molar-refractivity contribution in [1.82, 2.24) is 5.32 Å². The fraction of sp³-hybridized carbons (Fsp3) is 0.538. The number of nitrogens with one attached hydrogen (secondary N) is 1. The summed E-state index contributed by atoms with van der Waals surface area (Å²) in [6.45, 7) is 3.59. The number of hydrogen-bond acceptors (Lipinski definition) is 2. The Labute approximate surface area is 110 Å². The van der Waals surface area contributed by atoms with E-state index in [0.29, 0.717) is 18.8 Å². The van der Waals surface area contributed by atoms with Crippen molar-refractivity contribution in [2.75, 3.05) is 6.54 Å². The van der Waals surface area contributed by atoms with Crippen LogP contribution in [-0.2, 0) is 11.3 Å². The lowest BCUT2D eigenvalue weighted by Gasteiger charge is -2.12. The maximum absolute atomic E-state index is 13.1. The third-order valence-electron chi connectivity index (χ3n) is 3.02. The van der Waals surface area contributed by atoms with Crippen LogP contribution in [0.2, 0.25) is 0 Å². The van der Waals surface area contributed by atoms with Crippen molar-refractivity contribution in [2.24, 2.45) is 0 Å². The molecule has 1 aliphatic rings. The molecule has 1 aromatic carbocycles. The maximum atomic E-state index is 13.1. The summed E-state index contributed by atoms with van der Waals surface area (Å²) in [4.78, 5) is 0. The summed E-state index contributed by atoms with van der Waals surface area (Å²) < 4.78 is 19.7. The summed E-state index contributed by atoms with van der Waals surface area (Å²) in [6, 6.07) is 4.74. The molecular weight excluding hydrogens is 285 g/mol. The first-order valence-electron chi connectivity index (χ1n) is 5.95. The smallest absolute Gasteiger partial charge is 0.123 e. The third-order valence-corrected chi connectivity index (χ3v) is 3.79. The van der Waals surface area contributed by atoms with Gasteiger partial charge in [0.25, 0.3) is 0 Å². The number of ether oxygens (including phenoxy) is 1. The van der Waals surface area contributed by atoms with Crippen LogP contribution in [0.5, 0.6) is 0 Å². The zero-order valence-corrected chi connectivity index (χ0v) is 11.5. The second-order valence-corrected chi connectivity index (χ2v) is 5.37. The zero-order chi connectivity index (χ0) is 12.3. The Morgan fingerprint density at radius 2 is 2.29 bits per heavy atom. The molecule has 17 heavy (non-hydrogen) atoms. The van der Waals surface area contributed by atoms with E-state index >= 15 is 0 Å². The van der Waals surface area contributed by atoms with Crippen LogP contribution >= 0.6 is 15.9 Å². The highest BCUT2D eigenvalue weighted by molar-refractivity contribution is 9.10. The van der Waals surface area contributed by atoms with Crippen LogP contribution < -0.4 is 5.32 Å². The molecule has 2 nitrogen and oxygen atoms in total. The van der Waals surface area contributed by atoms with Crippen LogP contribution in [-0.4, -0.2) is 18.8 Å². The zero-order valence-electron chi connectivity index (χ0n) is 9.88. The molecule has 1 fully saturated rings. The first-order valence-corrected chi connectivity index (χ1v) is 6.74. The van der Waals surface area contributed by atoms with Crippen molar-refractivity contribution in [3.8, 4) is 0 Å². The molecule has 2 unspecified atom stereocenters. The van der Waals surface area contributed by atoms with Gasteiger partial charge >= 0.3 is 0 Å². The van der Waals surface area contributed by atoms with Gasteiger partial charge in [-0.2, -0.15) is 0 Å². The highest BCUT2D eigenvalue weighted by Crippen LogP contribution is 2.20. The van der Waals surface area contributed by atoms with E-state index in [0.717, 1.165) is 29.4 Å². The van der Waals surface area contributed by atoms with Gasteiger partial charge in [0.2, 0.25) is 0 Å². The lowest BCUT2D eigenvalue weighted by Crippen LogP contribution is -2.26. The fourth-order valence-corrected chi connectivity index (χ4v) is 2.47. The van der Waals surface area contributed by atoms with E-state index in [1.807, 2.05) is 0 Å². The lowest BCUT2D eigenvalue weighted by atomic mass is 10.2. The summed E-state index contributed by atoms with van der Waals surface area (Å²) in [5.41, 5.74) is 0.941. The highest BCUT2D eigenvalue weighted by Gasteiger charge is 2.20. The summed E-state index contributed by atoms with van der Waals surface area (Å²) in [5, 5.41) is 3.31. The SMILES string of the molecule is CC1CCC(CNCc2cc(F)ccc2Br)O1. The first kappa shape index (κ1) is 13.0. The molecule has 0 radical (unpaired) electrons. The normalized spacial score (nSPS) is 24.2. The number of hydrogen-bond donors (Lipinski definition) is 1. The second kappa shape index (κ2) is 5.94. The molecule has 1 aliphatic heterocycles. The Kier molecular flexibility index (Phi) is 4.54. The largest absolute Gasteiger partial charge is 0.374 e. The molecule has 2 atom stereocenters. The van der Waals surface area contributed by atoms with Crippen molar-refractivity contribution in [1.29, 1.82) is 0 Å². The van der Waals surface area contributed by atoms with Gasteiger partial charge in [-0.3, -0.25) is 0 Å². The fourth-order valence-electron chi connectivity index (χ4n) is 2.08. The minimum absolute atomic E-state index is 0.198. The van der Waals surface area contributed by atoms with Crippen LogP contribution in [0.4, 0.5) is 4.39 Å². The minimum atomic E-state index is -0.198. The lowest BCUT2D eigenvalue weighted by molar-refractivity contribution is 0.0559. The van der Waals surface area contributed by atoms with E-state index in [1.165, 1.54) is 6.07 Å². The Balaban J connectivity index is 1.80. The molecule has 0 spiro atoms. The molecule has 1 saturated heterocycles. The molecule has 0 bridgehead atoms. The van der Waals surface area contributed by atoms with Gasteiger partial charge in [0.05, 0.1) is 12.2 Å². The molecule has 0 saturated carbocycles. The van der Waals surface area contributed by atoms with E-state index in [-0.39, 0.29) is 5.82 Å². The number of benzene rings is 1. The van der Waals surface area contributed by atoms with E-state index in [4.69, 9.17) is 4.74 Å². The third kappa shape index (κ3) is 3.76. The molecule has 1 aromatic rings. The summed E-state index contributed by atoms with van der Waals surface area (Å²) in [7, 11) is 0. The van der Waals surface area contributed by atoms with Crippen LogP contribution in [0.25, 0.3) is 0 Å². The van der Waals surface area contributed by atoms with E-state index in [9.17, 15) is 4.39 Å². The molecule has 2 rings (SSSR count). The Bertz CT molecular complexity index is 386. The van der Waals surface area contributed by atoms with Gasteiger partial charge in [-0.1, -0.05) is 15.9 Å². The summed E-state index contributed by atoms with van der Waals surface area (Å²) in [6.07, 6.45) is 2.93. The molecule has 94 valence electrons. The molecular formula is C13H17BrFNO. The van der Waals surface area contributed by atoms with Crippen LogP contribution in [0, 0.1) is 5.82 Å². The van der Waals surface area contributed by atoms with Crippen LogP contribution in [0.15, 0.2) is 22.7 Å². The average molecular weight is 302 g/mol. The van der Waals surface area contributed by atoms with Crippen molar-refractivity contribution in [2.45, 2.75) is 38.5 Å². The van der Waals surface area contributed by atoms with E-state index < -0.39 is 0 Å². The standard InChI is InChI=1S/C13H17BrFNO/c1-9-2-4-12(17-9)8-16-7-10-6-11(15)3-5-13(10)14/h3,5-6,9,12,16H,2,4,7-8H2,1H3. The highest BCUT2D eigenvalue weighted by atomic mass is 79.9. The monoisotopic (exact) mass is 301 g/mol. The van der Waals surface area contributed by atoms with Crippen LogP contribution in [0.3, 0.4) is 0 Å². The van der Waals surface area contributed by atoms with Crippen LogP contribution in [0.1, 0.15) is 25.3 Å². The van der Waals surface area contributed by atoms with Crippen molar-refractivity contribution in [3.05, 3.63) is 34.1 Å². The molecule has 0 aromatic heterocycles. The maximum Gasteiger partial charge on any atom is 0.123 e. The van der Waals surface area contributed by atoms with E-state index in [2.05, 4.69) is 28.2 Å². The van der Waals surface area contributed by atoms with Gasteiger partial charge in [0.1, 0.15) is 5.82 Å². The Morgan fingerprint density at radius 1 is 1.47 bits per heavy atom. The van der Waals surface area contributed by atoms with Gasteiger partial charge < -0.3 is 10.1 Å². The minimum Gasteiger partial charge on any atom is -0.374 e. The quantitative estimate of drug-likeness (QED) is 0.922. The first-order chi connectivity index (χ1) is 8.15. The van der Waals surface area contributed by atoms with E-state index in [1.54, 1.807) is 12.1 Å². The number of rotatable bonds is 4. The molecule has 4 heteroatoms. The summed E-state index contributed by atoms with van der Waals surface area (Å²) in [5.74, 6) is -0.198. The molecule has 1 N–H and O–H groups in total. The predicted octanol–water partition coefficient (Wildman–Crippen LogP) is 3.25.